The first-order valence-corrected chi connectivity index (χ1v) is 14.2. The molecule has 2 N–H and O–H groups in total. The summed E-state index contributed by atoms with van der Waals surface area (Å²) in [5, 5.41) is 20.8. The van der Waals surface area contributed by atoms with E-state index >= 15 is 0 Å². The first kappa shape index (κ1) is 26.7. The zero-order chi connectivity index (χ0) is 28.1. The van der Waals surface area contributed by atoms with Crippen LogP contribution in [0.4, 0.5) is 11.4 Å². The summed E-state index contributed by atoms with van der Waals surface area (Å²) in [5.41, 5.74) is 3.46. The van der Waals surface area contributed by atoms with Gasteiger partial charge in [-0.3, -0.25) is 4.79 Å². The molecule has 0 spiro atoms. The summed E-state index contributed by atoms with van der Waals surface area (Å²) >= 11 is 0. The van der Waals surface area contributed by atoms with Gasteiger partial charge in [-0.15, -0.1) is 5.10 Å². The number of hydrogen-bond acceptors (Lipinski definition) is 10. The quantitative estimate of drug-likeness (QED) is 0.260. The van der Waals surface area contributed by atoms with Gasteiger partial charge in [-0.25, -0.2) is 13.5 Å². The lowest BCUT2D eigenvalue weighted by Gasteiger charge is -2.24. The maximum atomic E-state index is 13.1. The predicted molar refractivity (Wildman–Crippen MR) is 148 cm³/mol. The molecule has 0 saturated carbocycles. The molecule has 0 aliphatic heterocycles. The van der Waals surface area contributed by atoms with Crippen molar-refractivity contribution in [3.63, 3.8) is 0 Å². The average Bonchev–Trinajstić information content (AvgIpc) is 3.63. The van der Waals surface area contributed by atoms with Crippen molar-refractivity contribution >= 4 is 27.1 Å². The minimum absolute atomic E-state index is 0.0505. The molecule has 0 unspecified atom stereocenters. The number of sulfone groups is 1. The van der Waals surface area contributed by atoms with Gasteiger partial charge >= 0.3 is 0 Å². The number of aryl methyl sites for hydroxylation is 1. The summed E-state index contributed by atoms with van der Waals surface area (Å²) in [4.78, 5) is 19.6. The van der Waals surface area contributed by atoms with E-state index in [2.05, 4.69) is 36.1 Å². The molecule has 0 aliphatic carbocycles. The standard InChI is InChI=1S/C27H26N8O4S/c1-18-28-27(32-39-18)20-6-5-7-22(16-20)35(15-14-25-30-33-34-31-25)17-26(36)29-21-12-10-19(11-13-21)23-8-3-4-9-24(23)40(2,37)38/h3-13,16H,14-15,17H2,1-2H3,(H,29,36)(H,30,31,33,34). The summed E-state index contributed by atoms with van der Waals surface area (Å²) in [6.45, 7) is 2.23. The number of rotatable bonds is 10. The van der Waals surface area contributed by atoms with Gasteiger partial charge in [0.25, 0.3) is 0 Å². The van der Waals surface area contributed by atoms with E-state index in [9.17, 15) is 13.2 Å². The number of aromatic nitrogens is 6. The number of tetrazole rings is 1. The molecule has 0 saturated heterocycles. The molecule has 1 amide bonds. The Morgan fingerprint density at radius 2 is 1.82 bits per heavy atom. The zero-order valence-corrected chi connectivity index (χ0v) is 22.6. The number of H-pyrrole nitrogens is 1. The number of carbonyl (C=O) groups excluding carboxylic acids is 1. The molecule has 0 aliphatic rings. The number of carbonyl (C=O) groups is 1. The van der Waals surface area contributed by atoms with E-state index in [0.717, 1.165) is 16.8 Å². The average molecular weight is 559 g/mol. The molecule has 40 heavy (non-hydrogen) atoms. The van der Waals surface area contributed by atoms with Crippen molar-refractivity contribution in [3.05, 3.63) is 84.5 Å². The van der Waals surface area contributed by atoms with Crippen LogP contribution in [0.1, 0.15) is 11.7 Å². The number of hydrogen-bond donors (Lipinski definition) is 2. The van der Waals surface area contributed by atoms with Gasteiger partial charge in [-0.2, -0.15) is 4.98 Å². The summed E-state index contributed by atoms with van der Waals surface area (Å²) in [7, 11) is -3.40. The van der Waals surface area contributed by atoms with Gasteiger partial charge in [0, 0.05) is 48.6 Å². The van der Waals surface area contributed by atoms with Crippen LogP contribution in [0.5, 0.6) is 0 Å². The van der Waals surface area contributed by atoms with Crippen LogP contribution >= 0.6 is 0 Å². The van der Waals surface area contributed by atoms with E-state index in [1.165, 1.54) is 6.26 Å². The van der Waals surface area contributed by atoms with Gasteiger partial charge < -0.3 is 14.7 Å². The number of nitrogens with one attached hydrogen (secondary N) is 2. The lowest BCUT2D eigenvalue weighted by atomic mass is 10.1. The zero-order valence-electron chi connectivity index (χ0n) is 21.8. The molecule has 0 bridgehead atoms. The number of anilines is 2. The highest BCUT2D eigenvalue weighted by molar-refractivity contribution is 7.90. The second-order valence-corrected chi connectivity index (χ2v) is 11.1. The third kappa shape index (κ3) is 6.38. The number of amides is 1. The van der Waals surface area contributed by atoms with Crippen LogP contribution in [0.3, 0.4) is 0 Å². The first-order valence-electron chi connectivity index (χ1n) is 12.3. The molecule has 204 valence electrons. The maximum Gasteiger partial charge on any atom is 0.243 e. The fourth-order valence-corrected chi connectivity index (χ4v) is 5.13. The molecule has 13 heteroatoms. The fraction of sp³-hybridized carbons (Fsp3) is 0.185. The summed E-state index contributed by atoms with van der Waals surface area (Å²) in [6, 6.07) is 21.4. The largest absolute Gasteiger partial charge is 0.362 e. The molecule has 3 aromatic carbocycles. The predicted octanol–water partition coefficient (Wildman–Crippen LogP) is 3.32. The molecule has 2 heterocycles. The SMILES string of the molecule is Cc1nc(-c2cccc(N(CCc3nnn[nH]3)CC(=O)Nc3ccc(-c4ccccc4S(C)(=O)=O)cc3)c2)no1. The second kappa shape index (κ2) is 11.5. The molecule has 0 fully saturated rings. The molecule has 5 aromatic rings. The Bertz CT molecular complexity index is 1720. The maximum absolute atomic E-state index is 13.1. The molecule has 12 nitrogen and oxygen atoms in total. The molecule has 2 aromatic heterocycles. The van der Waals surface area contributed by atoms with E-state index in [0.29, 0.717) is 41.8 Å². The van der Waals surface area contributed by atoms with Crippen molar-refractivity contribution in [2.75, 3.05) is 29.6 Å². The van der Waals surface area contributed by atoms with Crippen LogP contribution in [0, 0.1) is 6.92 Å². The van der Waals surface area contributed by atoms with Gasteiger partial charge in [0.2, 0.25) is 17.6 Å². The third-order valence-electron chi connectivity index (χ3n) is 6.11. The lowest BCUT2D eigenvalue weighted by molar-refractivity contribution is -0.115. The highest BCUT2D eigenvalue weighted by atomic mass is 32.2. The smallest absolute Gasteiger partial charge is 0.243 e. The van der Waals surface area contributed by atoms with Crippen LogP contribution in [-0.4, -0.2) is 64.4 Å². The lowest BCUT2D eigenvalue weighted by Crippen LogP contribution is -2.35. The van der Waals surface area contributed by atoms with Crippen molar-refractivity contribution in [3.8, 4) is 22.5 Å². The third-order valence-corrected chi connectivity index (χ3v) is 7.26. The van der Waals surface area contributed by atoms with Crippen molar-refractivity contribution in [2.24, 2.45) is 0 Å². The molecular formula is C27H26N8O4S. The van der Waals surface area contributed by atoms with E-state index in [-0.39, 0.29) is 17.3 Å². The Morgan fingerprint density at radius 1 is 1.02 bits per heavy atom. The fourth-order valence-electron chi connectivity index (χ4n) is 4.22. The molecule has 0 atom stereocenters. The van der Waals surface area contributed by atoms with Gasteiger partial charge in [0.15, 0.2) is 9.84 Å². The van der Waals surface area contributed by atoms with Crippen LogP contribution in [0.25, 0.3) is 22.5 Å². The minimum atomic E-state index is -3.40. The van der Waals surface area contributed by atoms with Gasteiger partial charge in [0.05, 0.1) is 11.4 Å². The molecule has 5 rings (SSSR count). The van der Waals surface area contributed by atoms with Crippen LogP contribution in [0.2, 0.25) is 0 Å². The Hall–Kier alpha value is -4.91. The Kier molecular flexibility index (Phi) is 7.64. The highest BCUT2D eigenvalue weighted by Crippen LogP contribution is 2.28. The van der Waals surface area contributed by atoms with Crippen molar-refractivity contribution in [2.45, 2.75) is 18.2 Å². The normalized spacial score (nSPS) is 11.3. The Labute approximate surface area is 230 Å². The number of benzene rings is 3. The van der Waals surface area contributed by atoms with E-state index < -0.39 is 9.84 Å². The van der Waals surface area contributed by atoms with Crippen LogP contribution in [0.15, 0.2) is 82.2 Å². The van der Waals surface area contributed by atoms with Crippen molar-refractivity contribution in [1.82, 2.24) is 30.8 Å². The molecule has 0 radical (unpaired) electrons. The first-order chi connectivity index (χ1) is 19.3. The monoisotopic (exact) mass is 558 g/mol. The van der Waals surface area contributed by atoms with E-state index in [1.54, 1.807) is 55.5 Å². The Morgan fingerprint density at radius 3 is 2.52 bits per heavy atom. The van der Waals surface area contributed by atoms with Gasteiger partial charge in [-0.1, -0.05) is 47.6 Å². The number of nitrogens with zero attached hydrogens (tertiary/aromatic N) is 6. The van der Waals surface area contributed by atoms with Crippen LogP contribution < -0.4 is 10.2 Å². The Balaban J connectivity index is 1.33. The van der Waals surface area contributed by atoms with Crippen molar-refractivity contribution < 1.29 is 17.7 Å². The van der Waals surface area contributed by atoms with E-state index in [4.69, 9.17) is 4.52 Å². The summed E-state index contributed by atoms with van der Waals surface area (Å²) in [5.74, 6) is 1.28. The van der Waals surface area contributed by atoms with E-state index in [1.807, 2.05) is 29.2 Å². The minimum Gasteiger partial charge on any atom is -0.362 e. The topological polar surface area (TPSA) is 160 Å². The highest BCUT2D eigenvalue weighted by Gasteiger charge is 2.17. The van der Waals surface area contributed by atoms with Crippen LogP contribution in [-0.2, 0) is 21.1 Å². The van der Waals surface area contributed by atoms with Crippen molar-refractivity contribution in [1.29, 1.82) is 0 Å². The summed E-state index contributed by atoms with van der Waals surface area (Å²) in [6.07, 6.45) is 1.67. The molecular weight excluding hydrogens is 532 g/mol. The summed E-state index contributed by atoms with van der Waals surface area (Å²) < 4.78 is 29.5. The van der Waals surface area contributed by atoms with Gasteiger partial charge in [-0.05, 0) is 46.3 Å². The van der Waals surface area contributed by atoms with Gasteiger partial charge in [0.1, 0.15) is 5.82 Å². The second-order valence-electron chi connectivity index (χ2n) is 9.10. The number of aromatic amines is 1.